The zero-order valence-electron chi connectivity index (χ0n) is 24.9. The average molecular weight is 619 g/mol. The van der Waals surface area contributed by atoms with E-state index >= 15 is 8.42 Å². The van der Waals surface area contributed by atoms with E-state index in [2.05, 4.69) is 0 Å². The molecule has 4 atom stereocenters. The predicted molar refractivity (Wildman–Crippen MR) is 178 cm³/mol. The van der Waals surface area contributed by atoms with Gasteiger partial charge in [0, 0.05) is 11.1 Å². The largest absolute Gasteiger partial charge is 0.384 e. The fourth-order valence-corrected chi connectivity index (χ4v) is 8.79. The lowest BCUT2D eigenvalue weighted by Crippen LogP contribution is -2.64. The summed E-state index contributed by atoms with van der Waals surface area (Å²) in [5, 5.41) is 49.9. The Hall–Kier alpha value is -4.37. The highest BCUT2D eigenvalue weighted by atomic mass is 32.2. The molecule has 0 radical (unpaired) electrons. The van der Waals surface area contributed by atoms with Crippen molar-refractivity contribution in [2.24, 2.45) is 0 Å². The first-order valence-corrected chi connectivity index (χ1v) is 16.1. The maximum atomic E-state index is 15.4. The van der Waals surface area contributed by atoms with Gasteiger partial charge in [-0.05, 0) is 58.4 Å². The molecule has 4 aromatic rings. The molecule has 0 amide bonds. The fraction of sp³-hybridized carbons (Fsp3) is 0.158. The Morgan fingerprint density at radius 2 is 0.756 bits per heavy atom. The van der Waals surface area contributed by atoms with Crippen LogP contribution >= 0.6 is 0 Å². The lowest BCUT2D eigenvalue weighted by Gasteiger charge is -2.47. The summed E-state index contributed by atoms with van der Waals surface area (Å²) in [6.07, 6.45) is -1.01. The maximum Gasteiger partial charge on any atom is 0.226 e. The van der Waals surface area contributed by atoms with Gasteiger partial charge in [-0.25, -0.2) is 8.42 Å². The lowest BCUT2D eigenvalue weighted by atomic mass is 9.81. The third-order valence-electron chi connectivity index (χ3n) is 8.79. The van der Waals surface area contributed by atoms with Gasteiger partial charge in [0.15, 0.2) is 0 Å². The first-order valence-electron chi connectivity index (χ1n) is 14.7. The molecule has 0 aromatic heterocycles. The van der Waals surface area contributed by atoms with Gasteiger partial charge < -0.3 is 20.4 Å². The lowest BCUT2D eigenvalue weighted by molar-refractivity contribution is 0.0280. The molecule has 0 bridgehead atoms. The summed E-state index contributed by atoms with van der Waals surface area (Å²) in [6, 6.07) is 34.3. The Balaban J connectivity index is 1.66. The summed E-state index contributed by atoms with van der Waals surface area (Å²) in [5.41, 5.74) is 2.93. The molecule has 2 aliphatic rings. The van der Waals surface area contributed by atoms with Crippen LogP contribution in [0.15, 0.2) is 145 Å². The van der Waals surface area contributed by atoms with Gasteiger partial charge >= 0.3 is 0 Å². The van der Waals surface area contributed by atoms with E-state index in [0.717, 1.165) is 0 Å². The molecule has 0 saturated heterocycles. The Labute approximate surface area is 263 Å². The Kier molecular flexibility index (Phi) is 7.85. The van der Waals surface area contributed by atoms with E-state index in [0.29, 0.717) is 33.4 Å². The molecule has 0 aliphatic heterocycles. The number of sulfone groups is 1. The second-order valence-electron chi connectivity index (χ2n) is 11.5. The highest BCUT2D eigenvalue weighted by Crippen LogP contribution is 2.54. The van der Waals surface area contributed by atoms with Crippen molar-refractivity contribution in [3.8, 4) is 0 Å². The van der Waals surface area contributed by atoms with Gasteiger partial charge in [0.2, 0.25) is 19.7 Å². The second-order valence-corrected chi connectivity index (χ2v) is 13.7. The van der Waals surface area contributed by atoms with Gasteiger partial charge in [0.25, 0.3) is 0 Å². The van der Waals surface area contributed by atoms with Crippen LogP contribution in [0.5, 0.6) is 0 Å². The van der Waals surface area contributed by atoms with Crippen LogP contribution in [-0.2, 0) is 9.84 Å². The Bertz CT molecular complexity index is 1820. The van der Waals surface area contributed by atoms with Crippen molar-refractivity contribution in [2.75, 3.05) is 0 Å². The van der Waals surface area contributed by atoms with Crippen LogP contribution < -0.4 is 0 Å². The summed E-state index contributed by atoms with van der Waals surface area (Å²) in [4.78, 5) is -6.20. The summed E-state index contributed by atoms with van der Waals surface area (Å²) >= 11 is 0. The van der Waals surface area contributed by atoms with Crippen molar-refractivity contribution in [3.05, 3.63) is 167 Å². The second kappa shape index (κ2) is 11.5. The number of rotatable bonds is 6. The molecule has 7 heteroatoms. The minimum Gasteiger partial charge on any atom is -0.384 e. The highest BCUT2D eigenvalue weighted by molar-refractivity contribution is 7.95. The van der Waals surface area contributed by atoms with Crippen LogP contribution in [-0.4, -0.2) is 50.9 Å². The average Bonchev–Trinajstić information content (AvgIpc) is 3.06. The van der Waals surface area contributed by atoms with Crippen molar-refractivity contribution in [2.45, 2.75) is 35.9 Å². The van der Waals surface area contributed by atoms with E-state index in [9.17, 15) is 20.4 Å². The topological polar surface area (TPSA) is 115 Å². The number of hydrogen-bond donors (Lipinski definition) is 4. The molecule has 4 N–H and O–H groups in total. The van der Waals surface area contributed by atoms with Crippen molar-refractivity contribution in [1.82, 2.24) is 0 Å². The SMILES string of the molecule is CC1=C(c2ccccc2)C(O)C(O)(S(=O)(=O)C2(O)C(c3ccccc3)=CC(C)=C(c3ccccc3)C2O)C(c2ccccc2)=C1. The number of hydrogen-bond acceptors (Lipinski definition) is 6. The molecule has 2 aliphatic carbocycles. The Morgan fingerprint density at radius 3 is 1.04 bits per heavy atom. The summed E-state index contributed by atoms with van der Waals surface area (Å²) in [6.45, 7) is 3.47. The van der Waals surface area contributed by atoms with Crippen LogP contribution in [0.1, 0.15) is 36.1 Å². The zero-order valence-corrected chi connectivity index (χ0v) is 25.7. The van der Waals surface area contributed by atoms with E-state index in [4.69, 9.17) is 0 Å². The third-order valence-corrected chi connectivity index (χ3v) is 11.3. The maximum absolute atomic E-state index is 15.4. The molecular formula is C38H34O6S. The van der Waals surface area contributed by atoms with E-state index in [-0.39, 0.29) is 22.3 Å². The standard InChI is InChI=1S/C38H34O6S/c1-25-23-31(27-15-7-3-8-16-27)37(41,35(39)33(25)29-19-11-5-12-20-29)45(43,44)38(42)32(28-17-9-4-10-18-28)24-26(2)34(36(38)40)30-21-13-6-14-22-30/h3-24,35-36,39-42H,1-2H3. The summed E-state index contributed by atoms with van der Waals surface area (Å²) in [5.74, 6) is 0. The first kappa shape index (κ1) is 30.6. The molecule has 0 spiro atoms. The van der Waals surface area contributed by atoms with Gasteiger partial charge in [0.1, 0.15) is 12.2 Å². The van der Waals surface area contributed by atoms with Crippen LogP contribution in [0.25, 0.3) is 22.3 Å². The first-order chi connectivity index (χ1) is 21.5. The molecule has 0 saturated carbocycles. The molecule has 4 unspecified atom stereocenters. The van der Waals surface area contributed by atoms with E-state index in [1.54, 1.807) is 135 Å². The molecular weight excluding hydrogens is 584 g/mol. The monoisotopic (exact) mass is 618 g/mol. The van der Waals surface area contributed by atoms with Gasteiger partial charge in [-0.1, -0.05) is 133 Å². The molecule has 4 aromatic carbocycles. The van der Waals surface area contributed by atoms with Crippen molar-refractivity contribution >= 4 is 32.1 Å². The smallest absolute Gasteiger partial charge is 0.226 e. The van der Waals surface area contributed by atoms with E-state index in [1.807, 2.05) is 0 Å². The number of aliphatic hydroxyl groups is 4. The Morgan fingerprint density at radius 1 is 0.489 bits per heavy atom. The van der Waals surface area contributed by atoms with Crippen LogP contribution in [0, 0.1) is 0 Å². The number of allylic oxidation sites excluding steroid dienone is 4. The fourth-order valence-electron chi connectivity index (χ4n) is 6.56. The van der Waals surface area contributed by atoms with Gasteiger partial charge in [-0.3, -0.25) is 0 Å². The van der Waals surface area contributed by atoms with Crippen molar-refractivity contribution in [3.63, 3.8) is 0 Å². The van der Waals surface area contributed by atoms with E-state index < -0.39 is 31.9 Å². The van der Waals surface area contributed by atoms with Crippen LogP contribution in [0.3, 0.4) is 0 Å². The minimum absolute atomic E-state index is 0.117. The minimum atomic E-state index is -5.40. The van der Waals surface area contributed by atoms with Crippen LogP contribution in [0.4, 0.5) is 0 Å². The zero-order chi connectivity index (χ0) is 32.0. The van der Waals surface area contributed by atoms with Gasteiger partial charge in [-0.15, -0.1) is 0 Å². The molecule has 6 rings (SSSR count). The molecule has 45 heavy (non-hydrogen) atoms. The molecule has 228 valence electrons. The molecule has 6 nitrogen and oxygen atoms in total. The normalized spacial score (nSPS) is 25.6. The third kappa shape index (κ3) is 4.67. The van der Waals surface area contributed by atoms with Crippen LogP contribution in [0.2, 0.25) is 0 Å². The highest BCUT2D eigenvalue weighted by Gasteiger charge is 2.67. The number of aliphatic hydroxyl groups excluding tert-OH is 2. The van der Waals surface area contributed by atoms with Crippen molar-refractivity contribution < 1.29 is 28.8 Å². The van der Waals surface area contributed by atoms with E-state index in [1.165, 1.54) is 12.2 Å². The number of benzene rings is 4. The molecule has 0 heterocycles. The quantitative estimate of drug-likeness (QED) is 0.222. The summed E-state index contributed by atoms with van der Waals surface area (Å²) in [7, 11) is -5.40. The predicted octanol–water partition coefficient (Wildman–Crippen LogP) is 5.64. The summed E-state index contributed by atoms with van der Waals surface area (Å²) < 4.78 is 30.8. The molecule has 0 fully saturated rings. The van der Waals surface area contributed by atoms with Crippen molar-refractivity contribution in [1.29, 1.82) is 0 Å². The van der Waals surface area contributed by atoms with Gasteiger partial charge in [0.05, 0.1) is 0 Å². The van der Waals surface area contributed by atoms with Gasteiger partial charge in [-0.2, -0.15) is 0 Å².